The van der Waals surface area contributed by atoms with Gasteiger partial charge in [0.2, 0.25) is 0 Å². The molecule has 7 rings (SSSR count). The third-order valence-corrected chi connectivity index (χ3v) is 8.93. The van der Waals surface area contributed by atoms with E-state index in [1.165, 1.54) is 5.69 Å². The SMILES string of the molecule is COCCn1nc2c(c1C1CC1)-c1cccc3c(CCCOc4cccc5ccccc45)c(C(=O)O)n(c13)CCCCOC2. The fourth-order valence-electron chi connectivity index (χ4n) is 6.84. The molecule has 0 bridgehead atoms. The largest absolute Gasteiger partial charge is 0.493 e. The van der Waals surface area contributed by atoms with E-state index in [0.717, 1.165) is 75.5 Å². The highest BCUT2D eigenvalue weighted by atomic mass is 16.5. The van der Waals surface area contributed by atoms with E-state index in [0.29, 0.717) is 64.0 Å². The summed E-state index contributed by atoms with van der Waals surface area (Å²) in [5.74, 6) is 0.409. The van der Waals surface area contributed by atoms with E-state index in [2.05, 4.69) is 45.6 Å². The first kappa shape index (κ1) is 28.6. The van der Waals surface area contributed by atoms with Crippen LogP contribution in [0.25, 0.3) is 32.8 Å². The van der Waals surface area contributed by atoms with Gasteiger partial charge in [-0.05, 0) is 55.5 Å². The number of carboxylic acids is 1. The van der Waals surface area contributed by atoms with Crippen LogP contribution in [0.4, 0.5) is 0 Å². The number of para-hydroxylation sites is 1. The molecular weight excluding hydrogens is 554 g/mol. The van der Waals surface area contributed by atoms with E-state index in [4.69, 9.17) is 19.3 Å². The molecule has 0 atom stereocenters. The van der Waals surface area contributed by atoms with E-state index in [-0.39, 0.29) is 0 Å². The lowest BCUT2D eigenvalue weighted by Crippen LogP contribution is -2.12. The Morgan fingerprint density at radius 2 is 1.84 bits per heavy atom. The van der Waals surface area contributed by atoms with Gasteiger partial charge in [0, 0.05) is 53.8 Å². The molecule has 0 saturated heterocycles. The van der Waals surface area contributed by atoms with Gasteiger partial charge in [0.15, 0.2) is 0 Å². The third kappa shape index (κ3) is 5.37. The second kappa shape index (κ2) is 12.5. The zero-order valence-electron chi connectivity index (χ0n) is 25.3. The summed E-state index contributed by atoms with van der Waals surface area (Å²) in [6, 6.07) is 20.6. The number of fused-ring (bicyclic) bond motifs is 3. The van der Waals surface area contributed by atoms with Gasteiger partial charge in [0.1, 0.15) is 11.4 Å². The molecule has 8 nitrogen and oxygen atoms in total. The van der Waals surface area contributed by atoms with Gasteiger partial charge in [-0.15, -0.1) is 0 Å². The molecule has 2 aliphatic rings. The molecule has 0 amide bonds. The van der Waals surface area contributed by atoms with Crippen molar-refractivity contribution in [2.45, 2.75) is 64.1 Å². The van der Waals surface area contributed by atoms with Crippen molar-refractivity contribution in [1.29, 1.82) is 0 Å². The molecular formula is C36H39N3O5. The molecule has 1 saturated carbocycles. The Hall–Kier alpha value is -4.14. The van der Waals surface area contributed by atoms with Gasteiger partial charge in [-0.3, -0.25) is 4.68 Å². The first-order valence-electron chi connectivity index (χ1n) is 15.8. The lowest BCUT2D eigenvalue weighted by atomic mass is 9.96. The van der Waals surface area contributed by atoms with Gasteiger partial charge in [-0.2, -0.15) is 5.10 Å². The number of methoxy groups -OCH3 is 1. The van der Waals surface area contributed by atoms with E-state index in [1.54, 1.807) is 7.11 Å². The number of ether oxygens (including phenoxy) is 3. The first-order chi connectivity index (χ1) is 21.7. The maximum Gasteiger partial charge on any atom is 0.352 e. The summed E-state index contributed by atoms with van der Waals surface area (Å²) in [6.45, 7) is 3.43. The summed E-state index contributed by atoms with van der Waals surface area (Å²) in [5, 5.41) is 18.9. The van der Waals surface area contributed by atoms with Crippen molar-refractivity contribution >= 4 is 27.6 Å². The molecule has 2 aromatic heterocycles. The van der Waals surface area contributed by atoms with Gasteiger partial charge in [0.05, 0.1) is 37.6 Å². The van der Waals surface area contributed by atoms with Crippen molar-refractivity contribution in [1.82, 2.24) is 14.3 Å². The van der Waals surface area contributed by atoms with Gasteiger partial charge >= 0.3 is 5.97 Å². The van der Waals surface area contributed by atoms with Crippen molar-refractivity contribution in [3.05, 3.63) is 83.3 Å². The highest BCUT2D eigenvalue weighted by molar-refractivity contribution is 6.04. The van der Waals surface area contributed by atoms with Crippen LogP contribution >= 0.6 is 0 Å². The summed E-state index contributed by atoms with van der Waals surface area (Å²) >= 11 is 0. The van der Waals surface area contributed by atoms with E-state index in [9.17, 15) is 9.90 Å². The summed E-state index contributed by atoms with van der Waals surface area (Å²) in [4.78, 5) is 13.0. The van der Waals surface area contributed by atoms with Crippen LogP contribution in [0.15, 0.2) is 60.7 Å². The molecule has 0 unspecified atom stereocenters. The van der Waals surface area contributed by atoms with Crippen LogP contribution < -0.4 is 4.74 Å². The van der Waals surface area contributed by atoms with Gasteiger partial charge in [-0.1, -0.05) is 54.6 Å². The minimum Gasteiger partial charge on any atom is -0.493 e. The molecule has 5 aromatic rings. The Morgan fingerprint density at radius 1 is 1.02 bits per heavy atom. The molecule has 1 fully saturated rings. The van der Waals surface area contributed by atoms with Crippen molar-refractivity contribution < 1.29 is 24.1 Å². The van der Waals surface area contributed by atoms with E-state index >= 15 is 0 Å². The van der Waals surface area contributed by atoms with Crippen LogP contribution in [0, 0.1) is 0 Å². The van der Waals surface area contributed by atoms with Gasteiger partial charge in [0.25, 0.3) is 0 Å². The van der Waals surface area contributed by atoms with E-state index < -0.39 is 5.97 Å². The van der Waals surface area contributed by atoms with Crippen LogP contribution in [0.2, 0.25) is 0 Å². The maximum atomic E-state index is 13.0. The van der Waals surface area contributed by atoms with E-state index in [1.807, 2.05) is 24.3 Å². The third-order valence-electron chi connectivity index (χ3n) is 8.93. The topological polar surface area (TPSA) is 87.7 Å². The summed E-state index contributed by atoms with van der Waals surface area (Å²) in [6.07, 6.45) is 5.26. The highest BCUT2D eigenvalue weighted by Gasteiger charge is 2.35. The fourth-order valence-corrected chi connectivity index (χ4v) is 6.84. The number of hydrogen-bond donors (Lipinski definition) is 1. The molecule has 0 spiro atoms. The average molecular weight is 594 g/mol. The minimum atomic E-state index is -0.887. The molecule has 0 radical (unpaired) electrons. The molecule has 3 heterocycles. The van der Waals surface area contributed by atoms with Crippen molar-refractivity contribution in [3.8, 4) is 16.9 Å². The zero-order chi connectivity index (χ0) is 30.0. The number of hydrogen-bond acceptors (Lipinski definition) is 5. The standard InChI is InChI=1S/C36H39N3O5/c1-42-22-19-39-33(25-16-17-25)32-29-13-7-12-27-28(14-8-21-44-31-15-6-10-24-9-2-3-11-26(24)31)35(36(40)41)38(34(27)29)18-4-5-20-43-23-30(32)37-39/h2-3,6-7,9-13,15,25H,4-5,8,14,16-23H2,1H3,(H,40,41). The Balaban J connectivity index is 1.30. The second-order valence-electron chi connectivity index (χ2n) is 11.9. The quantitative estimate of drug-likeness (QED) is 0.172. The normalized spacial score (nSPS) is 15.3. The number of rotatable bonds is 10. The van der Waals surface area contributed by atoms with Crippen LogP contribution in [0.1, 0.15) is 65.5 Å². The predicted octanol–water partition coefficient (Wildman–Crippen LogP) is 7.20. The van der Waals surface area contributed by atoms with Crippen LogP contribution in [0.5, 0.6) is 5.75 Å². The monoisotopic (exact) mass is 593 g/mol. The zero-order valence-corrected chi connectivity index (χ0v) is 25.3. The number of carboxylic acid groups (broad SMARTS) is 1. The average Bonchev–Trinajstić information content (AvgIpc) is 3.74. The molecule has 3 aromatic carbocycles. The number of nitrogens with zero attached hydrogens (tertiary/aromatic N) is 3. The molecule has 228 valence electrons. The smallest absolute Gasteiger partial charge is 0.352 e. The Labute approximate surface area is 257 Å². The van der Waals surface area contributed by atoms with Crippen LogP contribution in [-0.4, -0.2) is 52.4 Å². The number of aromatic carboxylic acids is 1. The minimum absolute atomic E-state index is 0.388. The molecule has 44 heavy (non-hydrogen) atoms. The lowest BCUT2D eigenvalue weighted by molar-refractivity contribution is 0.0683. The number of aromatic nitrogens is 3. The molecule has 1 aliphatic heterocycles. The molecule has 1 N–H and O–H groups in total. The van der Waals surface area contributed by atoms with Crippen molar-refractivity contribution in [2.75, 3.05) is 26.9 Å². The Kier molecular flexibility index (Phi) is 8.11. The Bertz CT molecular complexity index is 1810. The van der Waals surface area contributed by atoms with Crippen LogP contribution in [0.3, 0.4) is 0 Å². The molecule has 8 heteroatoms. The Morgan fingerprint density at radius 3 is 2.68 bits per heavy atom. The van der Waals surface area contributed by atoms with Gasteiger partial charge < -0.3 is 23.9 Å². The van der Waals surface area contributed by atoms with Crippen LogP contribution in [-0.2, 0) is 35.6 Å². The molecule has 1 aliphatic carbocycles. The van der Waals surface area contributed by atoms with Crippen molar-refractivity contribution in [3.63, 3.8) is 0 Å². The lowest BCUT2D eigenvalue weighted by Gasteiger charge is -2.13. The second-order valence-corrected chi connectivity index (χ2v) is 11.9. The highest BCUT2D eigenvalue weighted by Crippen LogP contribution is 2.48. The maximum absolute atomic E-state index is 13.0. The first-order valence-corrected chi connectivity index (χ1v) is 15.8. The van der Waals surface area contributed by atoms with Crippen molar-refractivity contribution in [2.24, 2.45) is 0 Å². The number of aryl methyl sites for hydroxylation is 2. The number of carbonyl (C=O) groups is 1. The summed E-state index contributed by atoms with van der Waals surface area (Å²) < 4.78 is 22.0. The predicted molar refractivity (Wildman–Crippen MR) is 171 cm³/mol. The van der Waals surface area contributed by atoms with Gasteiger partial charge in [-0.25, -0.2) is 4.79 Å². The summed E-state index contributed by atoms with van der Waals surface area (Å²) in [5.41, 5.74) is 6.57. The summed E-state index contributed by atoms with van der Waals surface area (Å²) in [7, 11) is 1.72. The number of benzene rings is 3. The fraction of sp³-hybridized carbons (Fsp3) is 0.389.